The van der Waals surface area contributed by atoms with Gasteiger partial charge in [-0.2, -0.15) is 0 Å². The number of esters is 1. The summed E-state index contributed by atoms with van der Waals surface area (Å²) >= 11 is 0. The normalized spacial score (nSPS) is 9.00. The number of hydrogen-bond donors (Lipinski definition) is 1. The van der Waals surface area contributed by atoms with Crippen LogP contribution in [0, 0.1) is 11.8 Å². The molecule has 0 aliphatic carbocycles. The molecule has 1 N–H and O–H groups in total. The van der Waals surface area contributed by atoms with Crippen LogP contribution < -0.4 is 5.32 Å². The fraction of sp³-hybridized carbons (Fsp3) is 0.700. The number of rotatable bonds is 7. The summed E-state index contributed by atoms with van der Waals surface area (Å²) in [4.78, 5) is 10.8. The average molecular weight is 199 g/mol. The Hall–Kier alpha value is -1.05. The molecule has 4 nitrogen and oxygen atoms in total. The molecule has 4 heteroatoms. The van der Waals surface area contributed by atoms with Crippen LogP contribution in [0.25, 0.3) is 0 Å². The van der Waals surface area contributed by atoms with E-state index in [-0.39, 0.29) is 12.6 Å². The summed E-state index contributed by atoms with van der Waals surface area (Å²) in [6, 6.07) is 0. The molecule has 0 saturated carbocycles. The summed E-state index contributed by atoms with van der Waals surface area (Å²) in [5.41, 5.74) is 0. The maximum Gasteiger partial charge on any atom is 0.332 e. The van der Waals surface area contributed by atoms with Crippen molar-refractivity contribution in [2.24, 2.45) is 0 Å². The minimum atomic E-state index is -0.319. The molecule has 0 aromatic carbocycles. The zero-order valence-electron chi connectivity index (χ0n) is 8.76. The highest BCUT2D eigenvalue weighted by atomic mass is 16.6. The molecule has 0 heterocycles. The Balaban J connectivity index is 3.11. The van der Waals surface area contributed by atoms with Gasteiger partial charge < -0.3 is 14.8 Å². The average Bonchev–Trinajstić information content (AvgIpc) is 2.17. The van der Waals surface area contributed by atoms with Gasteiger partial charge in [0.1, 0.15) is 6.61 Å². The highest BCUT2D eigenvalue weighted by Crippen LogP contribution is 1.80. The van der Waals surface area contributed by atoms with E-state index in [1.54, 1.807) is 13.8 Å². The lowest BCUT2D eigenvalue weighted by Crippen LogP contribution is -2.22. The standard InChI is InChI=1S/C10H17NO3/c1-3-5-6-11-7-8-13-9-10(12)14-4-2/h11H,4,6-9H2,1-2H3. The molecule has 0 saturated heterocycles. The minimum Gasteiger partial charge on any atom is -0.464 e. The number of hydrogen-bond acceptors (Lipinski definition) is 4. The van der Waals surface area contributed by atoms with Crippen LogP contribution in [0.1, 0.15) is 13.8 Å². The zero-order valence-corrected chi connectivity index (χ0v) is 8.76. The summed E-state index contributed by atoms with van der Waals surface area (Å²) in [5, 5.41) is 3.04. The lowest BCUT2D eigenvalue weighted by molar-refractivity contribution is -0.148. The summed E-state index contributed by atoms with van der Waals surface area (Å²) < 4.78 is 9.72. The predicted molar refractivity (Wildman–Crippen MR) is 53.8 cm³/mol. The van der Waals surface area contributed by atoms with Crippen molar-refractivity contribution in [1.29, 1.82) is 0 Å². The Morgan fingerprint density at radius 1 is 1.50 bits per heavy atom. The Kier molecular flexibility index (Phi) is 9.28. The fourth-order valence-corrected chi connectivity index (χ4v) is 0.742. The Labute approximate surface area is 85.0 Å². The minimum absolute atomic E-state index is 0.0228. The van der Waals surface area contributed by atoms with Gasteiger partial charge in [0, 0.05) is 6.54 Å². The van der Waals surface area contributed by atoms with E-state index in [0.29, 0.717) is 26.3 Å². The molecule has 0 rings (SSSR count). The summed E-state index contributed by atoms with van der Waals surface area (Å²) in [5.74, 6) is 5.31. The quantitative estimate of drug-likeness (QED) is 0.361. The Morgan fingerprint density at radius 3 is 2.93 bits per heavy atom. The van der Waals surface area contributed by atoms with E-state index in [9.17, 15) is 4.79 Å². The van der Waals surface area contributed by atoms with E-state index in [0.717, 1.165) is 0 Å². The van der Waals surface area contributed by atoms with Gasteiger partial charge >= 0.3 is 5.97 Å². The topological polar surface area (TPSA) is 47.6 Å². The molecule has 0 fully saturated rings. The van der Waals surface area contributed by atoms with Crippen LogP contribution in [-0.4, -0.2) is 38.9 Å². The van der Waals surface area contributed by atoms with Crippen LogP contribution >= 0.6 is 0 Å². The van der Waals surface area contributed by atoms with E-state index in [1.165, 1.54) is 0 Å². The van der Waals surface area contributed by atoms with Crippen molar-refractivity contribution in [3.05, 3.63) is 0 Å². The molecule has 0 aromatic rings. The van der Waals surface area contributed by atoms with Crippen molar-refractivity contribution < 1.29 is 14.3 Å². The first-order chi connectivity index (χ1) is 6.81. The molecule has 0 aromatic heterocycles. The zero-order chi connectivity index (χ0) is 10.6. The third-order valence-electron chi connectivity index (χ3n) is 1.34. The monoisotopic (exact) mass is 199 g/mol. The van der Waals surface area contributed by atoms with Gasteiger partial charge in [0.25, 0.3) is 0 Å². The number of ether oxygens (including phenoxy) is 2. The summed E-state index contributed by atoms with van der Waals surface area (Å²) in [7, 11) is 0. The van der Waals surface area contributed by atoms with Crippen LogP contribution in [-0.2, 0) is 14.3 Å². The molecule has 0 bridgehead atoms. The second-order valence-electron chi connectivity index (χ2n) is 2.46. The first-order valence-corrected chi connectivity index (χ1v) is 4.65. The van der Waals surface area contributed by atoms with E-state index < -0.39 is 0 Å². The SMILES string of the molecule is CC#CCNCCOCC(=O)OCC. The number of carbonyl (C=O) groups is 1. The Bertz CT molecular complexity index is 205. The predicted octanol–water partition coefficient (Wildman–Crippen LogP) is 0.179. The first-order valence-electron chi connectivity index (χ1n) is 4.65. The van der Waals surface area contributed by atoms with E-state index in [2.05, 4.69) is 21.9 Å². The Morgan fingerprint density at radius 2 is 2.29 bits per heavy atom. The van der Waals surface area contributed by atoms with Crippen LogP contribution in [0.15, 0.2) is 0 Å². The van der Waals surface area contributed by atoms with Crippen LogP contribution in [0.5, 0.6) is 0 Å². The molecular weight excluding hydrogens is 182 g/mol. The van der Waals surface area contributed by atoms with Crippen LogP contribution in [0.3, 0.4) is 0 Å². The van der Waals surface area contributed by atoms with Crippen molar-refractivity contribution in [1.82, 2.24) is 5.32 Å². The first kappa shape index (κ1) is 12.9. The van der Waals surface area contributed by atoms with Crippen molar-refractivity contribution in [2.45, 2.75) is 13.8 Å². The molecule has 0 aliphatic heterocycles. The second kappa shape index (κ2) is 10.0. The molecule has 0 atom stereocenters. The van der Waals surface area contributed by atoms with E-state index in [1.807, 2.05) is 0 Å². The molecule has 0 spiro atoms. The maximum absolute atomic E-state index is 10.8. The highest BCUT2D eigenvalue weighted by Gasteiger charge is 1.99. The van der Waals surface area contributed by atoms with Gasteiger partial charge in [0.2, 0.25) is 0 Å². The third-order valence-corrected chi connectivity index (χ3v) is 1.34. The molecular formula is C10H17NO3. The van der Waals surface area contributed by atoms with Crippen molar-refractivity contribution >= 4 is 5.97 Å². The van der Waals surface area contributed by atoms with Crippen LogP contribution in [0.4, 0.5) is 0 Å². The fourth-order valence-electron chi connectivity index (χ4n) is 0.742. The van der Waals surface area contributed by atoms with E-state index >= 15 is 0 Å². The molecule has 0 amide bonds. The number of carbonyl (C=O) groups excluding carboxylic acids is 1. The van der Waals surface area contributed by atoms with Gasteiger partial charge in [-0.1, -0.05) is 5.92 Å². The molecule has 0 aliphatic rings. The van der Waals surface area contributed by atoms with Crippen LogP contribution in [0.2, 0.25) is 0 Å². The van der Waals surface area contributed by atoms with Gasteiger partial charge in [0.15, 0.2) is 0 Å². The third kappa shape index (κ3) is 9.04. The smallest absolute Gasteiger partial charge is 0.332 e. The van der Waals surface area contributed by atoms with Gasteiger partial charge in [-0.3, -0.25) is 0 Å². The van der Waals surface area contributed by atoms with Crippen molar-refractivity contribution in [2.75, 3.05) is 32.9 Å². The molecule has 0 unspecified atom stereocenters. The van der Waals surface area contributed by atoms with Gasteiger partial charge in [-0.15, -0.1) is 5.92 Å². The van der Waals surface area contributed by atoms with E-state index in [4.69, 9.17) is 4.74 Å². The second-order valence-corrected chi connectivity index (χ2v) is 2.46. The summed E-state index contributed by atoms with van der Waals surface area (Å²) in [6.45, 7) is 5.81. The molecule has 80 valence electrons. The van der Waals surface area contributed by atoms with Gasteiger partial charge in [0.05, 0.1) is 19.8 Å². The largest absolute Gasteiger partial charge is 0.464 e. The number of nitrogens with one attached hydrogen (secondary N) is 1. The van der Waals surface area contributed by atoms with Gasteiger partial charge in [-0.05, 0) is 13.8 Å². The summed E-state index contributed by atoms with van der Waals surface area (Å²) in [6.07, 6.45) is 0. The lowest BCUT2D eigenvalue weighted by Gasteiger charge is -2.03. The van der Waals surface area contributed by atoms with Crippen molar-refractivity contribution in [3.63, 3.8) is 0 Å². The molecule has 14 heavy (non-hydrogen) atoms. The van der Waals surface area contributed by atoms with Gasteiger partial charge in [-0.25, -0.2) is 4.79 Å². The lowest BCUT2D eigenvalue weighted by atomic mass is 10.5. The molecule has 0 radical (unpaired) electrons. The maximum atomic E-state index is 10.8. The highest BCUT2D eigenvalue weighted by molar-refractivity contribution is 5.70. The van der Waals surface area contributed by atoms with Crippen molar-refractivity contribution in [3.8, 4) is 11.8 Å².